The highest BCUT2D eigenvalue weighted by Crippen LogP contribution is 2.53. The van der Waals surface area contributed by atoms with Crippen LogP contribution in [0.1, 0.15) is 57.9 Å². The van der Waals surface area contributed by atoms with Crippen molar-refractivity contribution in [3.63, 3.8) is 0 Å². The fourth-order valence-electron chi connectivity index (χ4n) is 8.42. The first kappa shape index (κ1) is 37.9. The summed E-state index contributed by atoms with van der Waals surface area (Å²) >= 11 is 4.75. The van der Waals surface area contributed by atoms with Gasteiger partial charge in [-0.25, -0.2) is 9.59 Å². The monoisotopic (exact) mass is 777 g/mol. The van der Waals surface area contributed by atoms with E-state index in [1.54, 1.807) is 47.9 Å². The minimum Gasteiger partial charge on any atom is -0.457 e. The van der Waals surface area contributed by atoms with Crippen molar-refractivity contribution in [2.24, 2.45) is 23.7 Å². The Labute approximate surface area is 322 Å². The average molecular weight is 778 g/mol. The number of thiophene rings is 3. The van der Waals surface area contributed by atoms with E-state index in [0.717, 1.165) is 39.1 Å². The first-order valence-electron chi connectivity index (χ1n) is 18.1. The SMILES string of the molecule is CO[C@H]1CC2C=C[C@@H]3C[C@]2(O[C@H]3[C@H](OC(=O)c2[nH]c(-c3ccsc3)c(-c3ccsc3)c2-c2ccsc2)[C@H](C)[C@H](C)O)/C(C)=C/[C@@H](C)[C@@H](C(C)O)OC1=O. The van der Waals surface area contributed by atoms with Crippen molar-refractivity contribution in [1.82, 2.24) is 4.98 Å². The van der Waals surface area contributed by atoms with E-state index in [4.69, 9.17) is 18.9 Å². The third-order valence-corrected chi connectivity index (χ3v) is 13.5. The number of hydrogen-bond donors (Lipinski definition) is 3. The highest BCUT2D eigenvalue weighted by atomic mass is 32.1. The van der Waals surface area contributed by atoms with Gasteiger partial charge in [-0.2, -0.15) is 34.0 Å². The molecule has 0 aromatic carbocycles. The second kappa shape index (κ2) is 15.4. The van der Waals surface area contributed by atoms with Crippen LogP contribution in [0.25, 0.3) is 33.5 Å². The van der Waals surface area contributed by atoms with Gasteiger partial charge in [0.25, 0.3) is 0 Å². The number of fused-ring (bicyclic) bond motifs is 1. The summed E-state index contributed by atoms with van der Waals surface area (Å²) in [6.45, 7) is 9.15. The molecule has 4 aromatic heterocycles. The molecule has 12 heteroatoms. The van der Waals surface area contributed by atoms with E-state index < -0.39 is 60.1 Å². The van der Waals surface area contributed by atoms with Crippen LogP contribution in [0.5, 0.6) is 0 Å². The van der Waals surface area contributed by atoms with Gasteiger partial charge in [-0.05, 0) is 95.4 Å². The first-order chi connectivity index (χ1) is 25.4. The number of methoxy groups -OCH3 is 1. The molecule has 2 aliphatic heterocycles. The first-order valence-corrected chi connectivity index (χ1v) is 20.9. The number of H-pyrrole nitrogens is 1. The largest absolute Gasteiger partial charge is 0.457 e. The Bertz CT molecular complexity index is 1940. The lowest BCUT2D eigenvalue weighted by atomic mass is 9.69. The highest BCUT2D eigenvalue weighted by molar-refractivity contribution is 7.08. The number of carbonyl (C=O) groups excluding carboxylic acids is 2. The molecule has 9 nitrogen and oxygen atoms in total. The van der Waals surface area contributed by atoms with Gasteiger partial charge in [0.05, 0.1) is 23.5 Å². The maximum absolute atomic E-state index is 14.7. The van der Waals surface area contributed by atoms with Crippen LogP contribution >= 0.6 is 34.0 Å². The Kier molecular flexibility index (Phi) is 11.0. The van der Waals surface area contributed by atoms with Crippen LogP contribution in [0.15, 0.2) is 74.3 Å². The second-order valence-electron chi connectivity index (χ2n) is 14.8. The van der Waals surface area contributed by atoms with Crippen LogP contribution in [-0.2, 0) is 23.7 Å². The number of rotatable bonds is 10. The molecule has 282 valence electrons. The maximum atomic E-state index is 14.7. The lowest BCUT2D eigenvalue weighted by Crippen LogP contribution is -2.47. The molecule has 7 rings (SSSR count). The van der Waals surface area contributed by atoms with Gasteiger partial charge < -0.3 is 34.1 Å². The molecular formula is C41H47NO8S3. The van der Waals surface area contributed by atoms with Crippen molar-refractivity contribution in [2.45, 2.75) is 89.7 Å². The molecule has 11 atom stereocenters. The van der Waals surface area contributed by atoms with E-state index in [9.17, 15) is 19.8 Å². The molecule has 6 heterocycles. The summed E-state index contributed by atoms with van der Waals surface area (Å²) in [6, 6.07) is 6.12. The van der Waals surface area contributed by atoms with E-state index in [0.29, 0.717) is 18.5 Å². The number of carbonyl (C=O) groups is 2. The minimum atomic E-state index is -0.900. The zero-order valence-electron chi connectivity index (χ0n) is 30.7. The lowest BCUT2D eigenvalue weighted by molar-refractivity contribution is -0.172. The Morgan fingerprint density at radius 1 is 0.962 bits per heavy atom. The van der Waals surface area contributed by atoms with Crippen LogP contribution in [0.2, 0.25) is 0 Å². The zero-order chi connectivity index (χ0) is 37.6. The van der Waals surface area contributed by atoms with Crippen molar-refractivity contribution >= 4 is 45.9 Å². The van der Waals surface area contributed by atoms with Crippen molar-refractivity contribution in [1.29, 1.82) is 0 Å². The summed E-state index contributed by atoms with van der Waals surface area (Å²) in [5, 5.41) is 33.9. The molecule has 1 saturated heterocycles. The number of hydrogen-bond acceptors (Lipinski definition) is 11. The third kappa shape index (κ3) is 7.03. The molecule has 4 aromatic rings. The van der Waals surface area contributed by atoms with Crippen LogP contribution in [0, 0.1) is 23.7 Å². The number of aliphatic hydroxyl groups excluding tert-OH is 2. The number of nitrogens with one attached hydrogen (secondary N) is 1. The number of aliphatic hydroxyl groups is 2. The number of aromatic amines is 1. The fraction of sp³-hybridized carbons (Fsp3) is 0.463. The molecule has 0 amide bonds. The number of aromatic nitrogens is 1. The van der Waals surface area contributed by atoms with Gasteiger partial charge in [-0.1, -0.05) is 32.1 Å². The summed E-state index contributed by atoms with van der Waals surface area (Å²) < 4.78 is 25.3. The van der Waals surface area contributed by atoms with E-state index >= 15 is 0 Å². The predicted octanol–water partition coefficient (Wildman–Crippen LogP) is 8.37. The van der Waals surface area contributed by atoms with Crippen molar-refractivity contribution in [2.75, 3.05) is 7.11 Å². The summed E-state index contributed by atoms with van der Waals surface area (Å²) in [5.74, 6) is -2.25. The molecule has 1 fully saturated rings. The molecule has 53 heavy (non-hydrogen) atoms. The van der Waals surface area contributed by atoms with Crippen LogP contribution < -0.4 is 0 Å². The highest BCUT2D eigenvalue weighted by Gasteiger charge is 2.57. The average Bonchev–Trinajstić information content (AvgIpc) is 3.97. The van der Waals surface area contributed by atoms with Gasteiger partial charge in [0, 0.05) is 52.9 Å². The Morgan fingerprint density at radius 3 is 2.19 bits per heavy atom. The van der Waals surface area contributed by atoms with E-state index in [1.807, 2.05) is 60.5 Å². The Morgan fingerprint density at radius 2 is 1.60 bits per heavy atom. The topological polar surface area (TPSA) is 127 Å². The summed E-state index contributed by atoms with van der Waals surface area (Å²) in [4.78, 5) is 31.6. The molecule has 1 spiro atoms. The van der Waals surface area contributed by atoms with Crippen LogP contribution in [0.4, 0.5) is 0 Å². The summed E-state index contributed by atoms with van der Waals surface area (Å²) in [5.41, 5.74) is 5.90. The molecule has 0 saturated carbocycles. The summed E-state index contributed by atoms with van der Waals surface area (Å²) in [6.07, 6.45) is 2.35. The third-order valence-electron chi connectivity index (χ3n) is 11.4. The minimum absolute atomic E-state index is 0.143. The lowest BCUT2D eigenvalue weighted by Gasteiger charge is -2.41. The quantitative estimate of drug-likeness (QED) is 0.108. The van der Waals surface area contributed by atoms with E-state index in [2.05, 4.69) is 34.0 Å². The molecule has 2 unspecified atom stereocenters. The van der Waals surface area contributed by atoms with Gasteiger partial charge in [0.15, 0.2) is 6.10 Å². The standard InChI is InChI=1S/C41H47NO8S3/c1-21-15-22(2)41-17-26(7-8-30(41)16-31(47-6)39(45)48-36(21)25(5)44)38(50-41)37(23(3)24(4)43)49-40(46)35-33(28-10-13-52-19-28)32(27-9-12-51-18-27)34(42-35)29-11-14-53-20-29/h7-15,18-21,23-26,30-31,36-38,42-44H,16-17H2,1-6H3/b22-15+/t21-,23-,24+,25?,26-,30?,31+,36+,37-,38-,41+/m1/s1. The molecule has 3 aliphatic rings. The molecule has 2 bridgehead atoms. The van der Waals surface area contributed by atoms with Crippen molar-refractivity contribution < 1.29 is 38.7 Å². The molecular weight excluding hydrogens is 731 g/mol. The van der Waals surface area contributed by atoms with Gasteiger partial charge >= 0.3 is 11.9 Å². The second-order valence-corrected chi connectivity index (χ2v) is 17.1. The van der Waals surface area contributed by atoms with E-state index in [-0.39, 0.29) is 17.8 Å². The van der Waals surface area contributed by atoms with Gasteiger partial charge in [-0.3, -0.25) is 0 Å². The van der Waals surface area contributed by atoms with E-state index in [1.165, 1.54) is 7.11 Å². The van der Waals surface area contributed by atoms with Gasteiger partial charge in [0.2, 0.25) is 0 Å². The number of esters is 2. The smallest absolute Gasteiger partial charge is 0.355 e. The summed E-state index contributed by atoms with van der Waals surface area (Å²) in [7, 11) is 1.49. The molecule has 1 aliphatic carbocycles. The maximum Gasteiger partial charge on any atom is 0.355 e. The zero-order valence-corrected chi connectivity index (χ0v) is 33.1. The van der Waals surface area contributed by atoms with Gasteiger partial charge in [0.1, 0.15) is 24.0 Å². The Hall–Kier alpha value is -3.36. The number of ether oxygens (including phenoxy) is 4. The van der Waals surface area contributed by atoms with Gasteiger partial charge in [-0.15, -0.1) is 0 Å². The van der Waals surface area contributed by atoms with Crippen LogP contribution in [-0.4, -0.2) is 76.5 Å². The number of cyclic esters (lactones) is 1. The normalized spacial score (nSPS) is 30.4. The van der Waals surface area contributed by atoms with Crippen molar-refractivity contribution in [3.8, 4) is 33.5 Å². The molecule has 0 radical (unpaired) electrons. The Balaban J connectivity index is 1.29. The van der Waals surface area contributed by atoms with Crippen molar-refractivity contribution in [3.05, 3.63) is 80.0 Å². The predicted molar refractivity (Wildman–Crippen MR) is 209 cm³/mol. The molecule has 3 N–H and O–H groups in total. The fourth-order valence-corrected chi connectivity index (χ4v) is 10.4. The van der Waals surface area contributed by atoms with Crippen LogP contribution in [0.3, 0.4) is 0 Å².